The van der Waals surface area contributed by atoms with Gasteiger partial charge in [-0.3, -0.25) is 9.69 Å². The van der Waals surface area contributed by atoms with Gasteiger partial charge in [0.2, 0.25) is 5.91 Å². The summed E-state index contributed by atoms with van der Waals surface area (Å²) in [5.74, 6) is -1.15. The van der Waals surface area contributed by atoms with Gasteiger partial charge in [0.1, 0.15) is 4.90 Å². The zero-order chi connectivity index (χ0) is 22.7. The summed E-state index contributed by atoms with van der Waals surface area (Å²) in [6, 6.07) is 17.6. The largest absolute Gasteiger partial charge is 0.464 e. The highest BCUT2D eigenvalue weighted by Gasteiger charge is 2.42. The van der Waals surface area contributed by atoms with Gasteiger partial charge in [0, 0.05) is 12.7 Å². The molecule has 166 valence electrons. The van der Waals surface area contributed by atoms with Gasteiger partial charge in [-0.1, -0.05) is 42.5 Å². The van der Waals surface area contributed by atoms with Crippen LogP contribution in [-0.2, 0) is 30.9 Å². The van der Waals surface area contributed by atoms with Crippen LogP contribution in [0.5, 0.6) is 0 Å². The van der Waals surface area contributed by atoms with Gasteiger partial charge in [-0.25, -0.2) is 17.2 Å². The fourth-order valence-corrected chi connectivity index (χ4v) is 5.34. The van der Waals surface area contributed by atoms with Gasteiger partial charge in [-0.15, -0.1) is 0 Å². The second kappa shape index (κ2) is 8.97. The van der Waals surface area contributed by atoms with Crippen molar-refractivity contribution in [3.05, 3.63) is 84.2 Å². The Balaban J connectivity index is 1.76. The maximum atomic E-state index is 13.4. The van der Waals surface area contributed by atoms with Crippen molar-refractivity contribution in [2.45, 2.75) is 24.4 Å². The van der Waals surface area contributed by atoms with Crippen molar-refractivity contribution in [2.24, 2.45) is 0 Å². The molecule has 0 saturated heterocycles. The lowest BCUT2D eigenvalue weighted by Crippen LogP contribution is -2.44. The van der Waals surface area contributed by atoms with Crippen LogP contribution in [0.1, 0.15) is 24.2 Å². The van der Waals surface area contributed by atoms with Crippen molar-refractivity contribution in [3.63, 3.8) is 0 Å². The van der Waals surface area contributed by atoms with Crippen molar-refractivity contribution in [1.82, 2.24) is 9.29 Å². The number of nitrogens with zero attached hydrogens (tertiary/aromatic N) is 2. The molecule has 0 radical (unpaired) electrons. The van der Waals surface area contributed by atoms with Crippen LogP contribution in [0, 0.1) is 0 Å². The SMILES string of the molecule is CCOC(=O)C1c2cccn2S(=O)(=O)c2ccccc2N1C(=O)CNCc1ccccc1. The standard InChI is InChI=1S/C23H23N3O5S/c1-2-31-23(28)22-19-12-8-14-25(19)32(29,30)20-13-7-6-11-18(20)26(22)21(27)16-24-15-17-9-4-3-5-10-17/h3-14,22,24H,2,15-16H2,1H3. The molecule has 0 aliphatic carbocycles. The van der Waals surface area contributed by atoms with E-state index in [0.29, 0.717) is 6.54 Å². The van der Waals surface area contributed by atoms with Crippen LogP contribution >= 0.6 is 0 Å². The number of amides is 1. The number of fused-ring (bicyclic) bond motifs is 2. The van der Waals surface area contributed by atoms with Crippen molar-refractivity contribution in [3.8, 4) is 0 Å². The Morgan fingerprint density at radius 2 is 1.72 bits per heavy atom. The lowest BCUT2D eigenvalue weighted by molar-refractivity contribution is -0.146. The Bertz CT molecular complexity index is 1240. The normalized spacial score (nSPS) is 16.5. The first-order chi connectivity index (χ1) is 15.4. The highest BCUT2D eigenvalue weighted by Crippen LogP contribution is 2.39. The summed E-state index contributed by atoms with van der Waals surface area (Å²) < 4.78 is 32.9. The van der Waals surface area contributed by atoms with E-state index in [9.17, 15) is 18.0 Å². The van der Waals surface area contributed by atoms with Crippen LogP contribution in [-0.4, -0.2) is 37.4 Å². The van der Waals surface area contributed by atoms with E-state index < -0.39 is 27.9 Å². The summed E-state index contributed by atoms with van der Waals surface area (Å²) in [7, 11) is -4.01. The summed E-state index contributed by atoms with van der Waals surface area (Å²) in [5, 5.41) is 3.08. The summed E-state index contributed by atoms with van der Waals surface area (Å²) >= 11 is 0. The average Bonchev–Trinajstić information content (AvgIpc) is 3.26. The van der Waals surface area contributed by atoms with Gasteiger partial charge >= 0.3 is 5.97 Å². The second-order valence-corrected chi connectivity index (χ2v) is 8.99. The second-order valence-electron chi connectivity index (χ2n) is 7.21. The number of carbonyl (C=O) groups excluding carboxylic acids is 2. The van der Waals surface area contributed by atoms with Gasteiger partial charge in [0.15, 0.2) is 6.04 Å². The minimum Gasteiger partial charge on any atom is -0.464 e. The third-order valence-electron chi connectivity index (χ3n) is 5.17. The number of anilines is 1. The van der Waals surface area contributed by atoms with Crippen LogP contribution < -0.4 is 10.2 Å². The fraction of sp³-hybridized carbons (Fsp3) is 0.217. The summed E-state index contributed by atoms with van der Waals surface area (Å²) in [6.45, 7) is 2.10. The molecule has 2 aromatic carbocycles. The van der Waals surface area contributed by atoms with Gasteiger partial charge < -0.3 is 10.1 Å². The molecule has 0 spiro atoms. The molecule has 1 aliphatic heterocycles. The maximum Gasteiger partial charge on any atom is 0.335 e. The first-order valence-electron chi connectivity index (χ1n) is 10.2. The number of ether oxygens (including phenoxy) is 1. The number of benzene rings is 2. The first kappa shape index (κ1) is 21.8. The van der Waals surface area contributed by atoms with E-state index in [-0.39, 0.29) is 29.4 Å². The Kier molecular flexibility index (Phi) is 6.11. The predicted molar refractivity (Wildman–Crippen MR) is 118 cm³/mol. The van der Waals surface area contributed by atoms with Crippen LogP contribution in [0.3, 0.4) is 0 Å². The summed E-state index contributed by atoms with van der Waals surface area (Å²) in [6.07, 6.45) is 1.37. The highest BCUT2D eigenvalue weighted by molar-refractivity contribution is 7.90. The number of carbonyl (C=O) groups is 2. The number of nitrogens with one attached hydrogen (secondary N) is 1. The van der Waals surface area contributed by atoms with Crippen molar-refractivity contribution >= 4 is 27.6 Å². The Labute approximate surface area is 186 Å². The van der Waals surface area contributed by atoms with Gasteiger partial charge in [0.05, 0.1) is 24.5 Å². The summed E-state index contributed by atoms with van der Waals surface area (Å²) in [5.41, 5.74) is 1.28. The molecule has 0 saturated carbocycles. The van der Waals surface area contributed by atoms with Crippen LogP contribution in [0.15, 0.2) is 77.8 Å². The average molecular weight is 454 g/mol. The highest BCUT2D eigenvalue weighted by atomic mass is 32.2. The molecule has 1 amide bonds. The molecule has 1 N–H and O–H groups in total. The van der Waals surface area contributed by atoms with Crippen LogP contribution in [0.4, 0.5) is 5.69 Å². The molecule has 2 heterocycles. The molecule has 32 heavy (non-hydrogen) atoms. The molecule has 1 aliphatic rings. The van der Waals surface area contributed by atoms with E-state index in [1.165, 1.54) is 35.4 Å². The van der Waals surface area contributed by atoms with E-state index in [2.05, 4.69) is 5.32 Å². The van der Waals surface area contributed by atoms with E-state index in [1.54, 1.807) is 19.1 Å². The Morgan fingerprint density at radius 1 is 1.00 bits per heavy atom. The molecule has 9 heteroatoms. The molecular formula is C23H23N3O5S. The van der Waals surface area contributed by atoms with Gasteiger partial charge in [-0.2, -0.15) is 0 Å². The number of esters is 1. The zero-order valence-electron chi connectivity index (χ0n) is 17.5. The predicted octanol–water partition coefficient (Wildman–Crippen LogP) is 2.47. The monoisotopic (exact) mass is 453 g/mol. The molecular weight excluding hydrogens is 430 g/mol. The molecule has 0 bridgehead atoms. The zero-order valence-corrected chi connectivity index (χ0v) is 18.3. The number of hydrogen-bond acceptors (Lipinski definition) is 6. The van der Waals surface area contributed by atoms with Crippen molar-refractivity contribution in [1.29, 1.82) is 0 Å². The third kappa shape index (κ3) is 3.92. The minimum atomic E-state index is -4.01. The van der Waals surface area contributed by atoms with Gasteiger partial charge in [-0.05, 0) is 36.8 Å². The van der Waals surface area contributed by atoms with Crippen LogP contribution in [0.2, 0.25) is 0 Å². The number of aromatic nitrogens is 1. The fourth-order valence-electron chi connectivity index (χ4n) is 3.78. The van der Waals surface area contributed by atoms with E-state index in [4.69, 9.17) is 4.74 Å². The molecule has 1 aromatic heterocycles. The number of rotatable bonds is 6. The van der Waals surface area contributed by atoms with E-state index >= 15 is 0 Å². The molecule has 3 aromatic rings. The first-order valence-corrected chi connectivity index (χ1v) is 11.6. The molecule has 0 fully saturated rings. The molecule has 1 unspecified atom stereocenters. The summed E-state index contributed by atoms with van der Waals surface area (Å²) in [4.78, 5) is 27.6. The van der Waals surface area contributed by atoms with E-state index in [0.717, 1.165) is 9.54 Å². The lowest BCUT2D eigenvalue weighted by Gasteiger charge is -2.29. The molecule has 8 nitrogen and oxygen atoms in total. The van der Waals surface area contributed by atoms with Crippen molar-refractivity contribution < 1.29 is 22.7 Å². The smallest absolute Gasteiger partial charge is 0.335 e. The molecule has 4 rings (SSSR count). The molecule has 1 atom stereocenters. The van der Waals surface area contributed by atoms with Crippen LogP contribution in [0.25, 0.3) is 0 Å². The van der Waals surface area contributed by atoms with E-state index in [1.807, 2.05) is 30.3 Å². The minimum absolute atomic E-state index is 0.0549. The number of para-hydroxylation sites is 1. The third-order valence-corrected chi connectivity index (χ3v) is 6.92. The topological polar surface area (TPSA) is 97.7 Å². The maximum absolute atomic E-state index is 13.4. The van der Waals surface area contributed by atoms with Crippen molar-refractivity contribution in [2.75, 3.05) is 18.1 Å². The Hall–Kier alpha value is -3.43. The van der Waals surface area contributed by atoms with Gasteiger partial charge in [0.25, 0.3) is 10.0 Å². The number of hydrogen-bond donors (Lipinski definition) is 1. The lowest BCUT2D eigenvalue weighted by atomic mass is 10.1. The Morgan fingerprint density at radius 3 is 2.47 bits per heavy atom. The quantitative estimate of drug-likeness (QED) is 0.576.